The number of H-pyrrole nitrogens is 1. The first-order chi connectivity index (χ1) is 8.11. The van der Waals surface area contributed by atoms with E-state index in [0.29, 0.717) is 13.0 Å². The highest BCUT2D eigenvalue weighted by Gasteiger charge is 2.11. The van der Waals surface area contributed by atoms with Crippen LogP contribution in [0.25, 0.3) is 10.9 Å². The SMILES string of the molecule is CCOC(=O)Cc1[nH]c2ccc(C)cc2c1C. The van der Waals surface area contributed by atoms with Gasteiger partial charge in [-0.25, -0.2) is 0 Å². The molecule has 3 heteroatoms. The van der Waals surface area contributed by atoms with Crippen molar-refractivity contribution >= 4 is 16.9 Å². The normalized spacial score (nSPS) is 10.8. The van der Waals surface area contributed by atoms with Crippen LogP contribution in [0.15, 0.2) is 18.2 Å². The highest BCUT2D eigenvalue weighted by atomic mass is 16.5. The number of aromatic nitrogens is 1. The Hall–Kier alpha value is -1.77. The van der Waals surface area contributed by atoms with Gasteiger partial charge < -0.3 is 9.72 Å². The predicted octanol–water partition coefficient (Wildman–Crippen LogP) is 2.89. The first kappa shape index (κ1) is 11.7. The number of esters is 1. The van der Waals surface area contributed by atoms with Gasteiger partial charge in [0.15, 0.2) is 0 Å². The van der Waals surface area contributed by atoms with E-state index in [-0.39, 0.29) is 5.97 Å². The van der Waals surface area contributed by atoms with E-state index in [1.165, 1.54) is 10.9 Å². The second-order valence-corrected chi connectivity index (χ2v) is 4.26. The quantitative estimate of drug-likeness (QED) is 0.825. The molecule has 1 aromatic heterocycles. The summed E-state index contributed by atoms with van der Waals surface area (Å²) in [4.78, 5) is 14.7. The number of rotatable bonds is 3. The number of carbonyl (C=O) groups is 1. The van der Waals surface area contributed by atoms with Crippen molar-refractivity contribution in [2.45, 2.75) is 27.2 Å². The molecule has 0 unspecified atom stereocenters. The number of aromatic amines is 1. The summed E-state index contributed by atoms with van der Waals surface area (Å²) in [6.45, 7) is 6.35. The fourth-order valence-electron chi connectivity index (χ4n) is 2.03. The molecule has 1 heterocycles. The second-order valence-electron chi connectivity index (χ2n) is 4.26. The van der Waals surface area contributed by atoms with Gasteiger partial charge in [-0.3, -0.25) is 4.79 Å². The summed E-state index contributed by atoms with van der Waals surface area (Å²) in [5.74, 6) is -0.182. The van der Waals surface area contributed by atoms with Crippen molar-refractivity contribution in [1.82, 2.24) is 4.98 Å². The number of nitrogens with one attached hydrogen (secondary N) is 1. The summed E-state index contributed by atoms with van der Waals surface area (Å²) in [5.41, 5.74) is 4.38. The van der Waals surface area contributed by atoms with Gasteiger partial charge in [-0.1, -0.05) is 11.6 Å². The van der Waals surface area contributed by atoms with Crippen LogP contribution in [0.5, 0.6) is 0 Å². The third-order valence-corrected chi connectivity index (χ3v) is 2.94. The zero-order valence-corrected chi connectivity index (χ0v) is 10.5. The summed E-state index contributed by atoms with van der Waals surface area (Å²) in [6, 6.07) is 6.24. The molecule has 0 spiro atoms. The number of benzene rings is 1. The standard InChI is InChI=1S/C14H17NO2/c1-4-17-14(16)8-13-10(3)11-7-9(2)5-6-12(11)15-13/h5-7,15H,4,8H2,1-3H3. The molecule has 0 fully saturated rings. The summed E-state index contributed by atoms with van der Waals surface area (Å²) in [7, 11) is 0. The Balaban J connectivity index is 2.35. The molecule has 0 saturated heterocycles. The summed E-state index contributed by atoms with van der Waals surface area (Å²) < 4.78 is 4.96. The minimum absolute atomic E-state index is 0.182. The average molecular weight is 231 g/mol. The van der Waals surface area contributed by atoms with Crippen molar-refractivity contribution < 1.29 is 9.53 Å². The van der Waals surface area contributed by atoms with E-state index in [0.717, 1.165) is 16.8 Å². The van der Waals surface area contributed by atoms with E-state index in [2.05, 4.69) is 24.0 Å². The van der Waals surface area contributed by atoms with Gasteiger partial charge in [0, 0.05) is 16.6 Å². The molecule has 2 rings (SSSR count). The fraction of sp³-hybridized carbons (Fsp3) is 0.357. The lowest BCUT2D eigenvalue weighted by atomic mass is 10.1. The minimum atomic E-state index is -0.182. The van der Waals surface area contributed by atoms with Gasteiger partial charge in [-0.15, -0.1) is 0 Å². The lowest BCUT2D eigenvalue weighted by molar-refractivity contribution is -0.142. The molecular weight excluding hydrogens is 214 g/mol. The number of carbonyl (C=O) groups excluding carboxylic acids is 1. The summed E-state index contributed by atoms with van der Waals surface area (Å²) >= 11 is 0. The van der Waals surface area contributed by atoms with E-state index in [9.17, 15) is 4.79 Å². The Morgan fingerprint density at radius 2 is 2.12 bits per heavy atom. The lowest BCUT2D eigenvalue weighted by Crippen LogP contribution is -2.08. The third kappa shape index (κ3) is 2.33. The van der Waals surface area contributed by atoms with Crippen LogP contribution >= 0.6 is 0 Å². The van der Waals surface area contributed by atoms with Gasteiger partial charge >= 0.3 is 5.97 Å². The number of ether oxygens (including phenoxy) is 1. The Kier molecular flexibility index (Phi) is 3.18. The van der Waals surface area contributed by atoms with Crippen LogP contribution in [0.4, 0.5) is 0 Å². The molecule has 2 aromatic rings. The molecule has 0 amide bonds. The molecular formula is C14H17NO2. The molecule has 0 saturated carbocycles. The Labute approximate surface area is 101 Å². The van der Waals surface area contributed by atoms with Crippen molar-refractivity contribution in [2.24, 2.45) is 0 Å². The van der Waals surface area contributed by atoms with Crippen LogP contribution in [0.2, 0.25) is 0 Å². The number of hydrogen-bond donors (Lipinski definition) is 1. The monoisotopic (exact) mass is 231 g/mol. The lowest BCUT2D eigenvalue weighted by Gasteiger charge is -2.00. The maximum Gasteiger partial charge on any atom is 0.311 e. The van der Waals surface area contributed by atoms with Gasteiger partial charge in [-0.2, -0.15) is 0 Å². The van der Waals surface area contributed by atoms with Gasteiger partial charge in [0.2, 0.25) is 0 Å². The van der Waals surface area contributed by atoms with Gasteiger partial charge in [-0.05, 0) is 38.5 Å². The molecule has 0 aliphatic heterocycles. The topological polar surface area (TPSA) is 42.1 Å². The zero-order chi connectivity index (χ0) is 12.4. The number of aryl methyl sites for hydroxylation is 2. The van der Waals surface area contributed by atoms with Crippen LogP contribution in [0.3, 0.4) is 0 Å². The Morgan fingerprint density at radius 3 is 2.82 bits per heavy atom. The van der Waals surface area contributed by atoms with Crippen molar-refractivity contribution in [3.8, 4) is 0 Å². The first-order valence-electron chi connectivity index (χ1n) is 5.85. The molecule has 90 valence electrons. The Morgan fingerprint density at radius 1 is 1.35 bits per heavy atom. The summed E-state index contributed by atoms with van der Waals surface area (Å²) in [6.07, 6.45) is 0.313. The van der Waals surface area contributed by atoms with Crippen molar-refractivity contribution in [1.29, 1.82) is 0 Å². The average Bonchev–Trinajstić information content (AvgIpc) is 2.57. The smallest absolute Gasteiger partial charge is 0.311 e. The molecule has 0 bridgehead atoms. The van der Waals surface area contributed by atoms with Crippen LogP contribution in [0, 0.1) is 13.8 Å². The molecule has 17 heavy (non-hydrogen) atoms. The maximum atomic E-state index is 11.5. The van der Waals surface area contributed by atoms with Crippen LogP contribution in [-0.2, 0) is 16.0 Å². The molecule has 1 aromatic carbocycles. The predicted molar refractivity (Wildman–Crippen MR) is 68.1 cm³/mol. The van der Waals surface area contributed by atoms with Crippen LogP contribution in [0.1, 0.15) is 23.7 Å². The van der Waals surface area contributed by atoms with Crippen molar-refractivity contribution in [3.63, 3.8) is 0 Å². The van der Waals surface area contributed by atoms with E-state index < -0.39 is 0 Å². The molecule has 0 radical (unpaired) electrons. The molecule has 3 nitrogen and oxygen atoms in total. The number of fused-ring (bicyclic) bond motifs is 1. The fourth-order valence-corrected chi connectivity index (χ4v) is 2.03. The van der Waals surface area contributed by atoms with Crippen molar-refractivity contribution in [3.05, 3.63) is 35.0 Å². The Bertz CT molecular complexity index is 555. The zero-order valence-electron chi connectivity index (χ0n) is 10.5. The van der Waals surface area contributed by atoms with E-state index in [1.54, 1.807) is 0 Å². The van der Waals surface area contributed by atoms with Crippen molar-refractivity contribution in [2.75, 3.05) is 6.61 Å². The highest BCUT2D eigenvalue weighted by molar-refractivity contribution is 5.86. The van der Waals surface area contributed by atoms with Crippen LogP contribution in [-0.4, -0.2) is 17.6 Å². The second kappa shape index (κ2) is 4.62. The highest BCUT2D eigenvalue weighted by Crippen LogP contribution is 2.23. The van der Waals surface area contributed by atoms with Gasteiger partial charge in [0.1, 0.15) is 0 Å². The molecule has 0 aliphatic rings. The van der Waals surface area contributed by atoms with E-state index in [1.807, 2.05) is 19.9 Å². The third-order valence-electron chi connectivity index (χ3n) is 2.94. The molecule has 0 atom stereocenters. The van der Waals surface area contributed by atoms with E-state index >= 15 is 0 Å². The van der Waals surface area contributed by atoms with Gasteiger partial charge in [0.25, 0.3) is 0 Å². The molecule has 0 aliphatic carbocycles. The first-order valence-corrected chi connectivity index (χ1v) is 5.85. The minimum Gasteiger partial charge on any atom is -0.466 e. The maximum absolute atomic E-state index is 11.5. The van der Waals surface area contributed by atoms with E-state index in [4.69, 9.17) is 4.74 Å². The summed E-state index contributed by atoms with van der Waals surface area (Å²) in [5, 5.41) is 1.18. The van der Waals surface area contributed by atoms with Gasteiger partial charge in [0.05, 0.1) is 13.0 Å². The van der Waals surface area contributed by atoms with Crippen LogP contribution < -0.4 is 0 Å². The molecule has 1 N–H and O–H groups in total. The largest absolute Gasteiger partial charge is 0.466 e. The number of hydrogen-bond acceptors (Lipinski definition) is 2.